The third kappa shape index (κ3) is 4.56. The van der Waals surface area contributed by atoms with Crippen LogP contribution < -0.4 is 0 Å². The van der Waals surface area contributed by atoms with E-state index >= 15 is 0 Å². The molecule has 0 unspecified atom stereocenters. The zero-order valence-electron chi connectivity index (χ0n) is 8.89. The van der Waals surface area contributed by atoms with E-state index in [-0.39, 0.29) is 42.6 Å². The van der Waals surface area contributed by atoms with Gasteiger partial charge in [0.05, 0.1) is 4.90 Å². The van der Waals surface area contributed by atoms with Crippen LogP contribution in [0.4, 0.5) is 0 Å². The number of allylic oxidation sites excluding steroid dienone is 2. The minimum absolute atomic E-state index is 0. The Morgan fingerprint density at radius 1 is 1.18 bits per heavy atom. The molecule has 0 radical (unpaired) electrons. The second kappa shape index (κ2) is 7.34. The van der Waals surface area contributed by atoms with E-state index in [0.29, 0.717) is 18.4 Å². The Bertz CT molecular complexity index is 506. The first-order valence-electron chi connectivity index (χ1n) is 4.80. The molecular formula is C12H16CaO3S. The van der Waals surface area contributed by atoms with Crippen molar-refractivity contribution in [3.63, 3.8) is 0 Å². The van der Waals surface area contributed by atoms with E-state index in [0.717, 1.165) is 5.56 Å². The van der Waals surface area contributed by atoms with Crippen molar-refractivity contribution in [3.05, 3.63) is 54.6 Å². The summed E-state index contributed by atoms with van der Waals surface area (Å²) in [7, 11) is -4.18. The van der Waals surface area contributed by atoms with Crippen molar-refractivity contribution < 1.29 is 13.0 Å². The van der Waals surface area contributed by atoms with Crippen LogP contribution in [-0.4, -0.2) is 50.7 Å². The van der Waals surface area contributed by atoms with Crippen molar-refractivity contribution in [1.82, 2.24) is 0 Å². The molecule has 1 aromatic rings. The summed E-state index contributed by atoms with van der Waals surface area (Å²) in [5.74, 6) is 0. The van der Waals surface area contributed by atoms with Gasteiger partial charge in [0, 0.05) is 0 Å². The zero-order chi connectivity index (χ0) is 12.2. The van der Waals surface area contributed by atoms with E-state index in [9.17, 15) is 8.42 Å². The first-order chi connectivity index (χ1) is 7.50. The normalized spacial score (nSPS) is 10.4. The van der Waals surface area contributed by atoms with Crippen LogP contribution >= 0.6 is 0 Å². The Labute approximate surface area is 132 Å². The maximum atomic E-state index is 11.2. The molecule has 0 amide bonds. The standard InChI is InChI=1S/C12H14O3S.Ca.2H/c1-3-6-10-8-5-9-12(16(13,14)15)11(10)7-4-2;;;/h3-5,8-9H,1-2,6-7H2,(H,13,14,15);;;. The van der Waals surface area contributed by atoms with E-state index in [4.69, 9.17) is 4.55 Å². The van der Waals surface area contributed by atoms with Crippen LogP contribution in [0.2, 0.25) is 0 Å². The van der Waals surface area contributed by atoms with Crippen LogP contribution in [-0.2, 0) is 23.0 Å². The van der Waals surface area contributed by atoms with Crippen LogP contribution in [0.3, 0.4) is 0 Å². The summed E-state index contributed by atoms with van der Waals surface area (Å²) in [6.07, 6.45) is 4.26. The third-order valence-electron chi connectivity index (χ3n) is 2.22. The van der Waals surface area contributed by atoms with Gasteiger partial charge >= 0.3 is 37.7 Å². The summed E-state index contributed by atoms with van der Waals surface area (Å²) < 4.78 is 31.5. The molecule has 0 heterocycles. The van der Waals surface area contributed by atoms with Crippen LogP contribution in [0.5, 0.6) is 0 Å². The van der Waals surface area contributed by atoms with Gasteiger partial charge in [0.25, 0.3) is 10.1 Å². The van der Waals surface area contributed by atoms with E-state index in [2.05, 4.69) is 13.2 Å². The van der Waals surface area contributed by atoms with Crippen LogP contribution in [0.1, 0.15) is 11.1 Å². The van der Waals surface area contributed by atoms with Crippen LogP contribution in [0.25, 0.3) is 0 Å². The van der Waals surface area contributed by atoms with Crippen LogP contribution in [0.15, 0.2) is 48.4 Å². The Morgan fingerprint density at radius 2 is 1.76 bits per heavy atom. The average molecular weight is 280 g/mol. The number of hydrogen-bond acceptors (Lipinski definition) is 2. The van der Waals surface area contributed by atoms with E-state index in [1.54, 1.807) is 18.2 Å². The van der Waals surface area contributed by atoms with Crippen molar-refractivity contribution in [2.24, 2.45) is 0 Å². The second-order valence-electron chi connectivity index (χ2n) is 3.35. The Morgan fingerprint density at radius 3 is 2.24 bits per heavy atom. The summed E-state index contributed by atoms with van der Waals surface area (Å²) in [5.41, 5.74) is 1.42. The molecule has 5 heteroatoms. The minimum atomic E-state index is -4.18. The van der Waals surface area contributed by atoms with Crippen LogP contribution in [0, 0.1) is 0 Å². The van der Waals surface area contributed by atoms with Crippen molar-refractivity contribution in [3.8, 4) is 0 Å². The molecule has 0 saturated carbocycles. The molecule has 0 bridgehead atoms. The summed E-state index contributed by atoms with van der Waals surface area (Å²) in [6.45, 7) is 7.19. The van der Waals surface area contributed by atoms with Crippen molar-refractivity contribution >= 4 is 47.9 Å². The molecule has 1 rings (SSSR count). The Kier molecular flexibility index (Phi) is 7.28. The zero-order valence-corrected chi connectivity index (χ0v) is 9.70. The van der Waals surface area contributed by atoms with Crippen molar-refractivity contribution in [2.75, 3.05) is 0 Å². The Hall–Kier alpha value is -0.130. The summed E-state index contributed by atoms with van der Waals surface area (Å²) in [5, 5.41) is 0. The predicted octanol–water partition coefficient (Wildman–Crippen LogP) is 1.47. The first kappa shape index (κ1) is 16.9. The van der Waals surface area contributed by atoms with Gasteiger partial charge in [-0.05, 0) is 30.0 Å². The molecule has 90 valence electrons. The van der Waals surface area contributed by atoms with Gasteiger partial charge in [-0.15, -0.1) is 13.2 Å². The molecule has 0 aliphatic carbocycles. The fraction of sp³-hybridized carbons (Fsp3) is 0.167. The van der Waals surface area contributed by atoms with Gasteiger partial charge in [-0.1, -0.05) is 24.3 Å². The quantitative estimate of drug-likeness (QED) is 0.505. The van der Waals surface area contributed by atoms with Crippen molar-refractivity contribution in [1.29, 1.82) is 0 Å². The molecule has 0 spiro atoms. The summed E-state index contributed by atoms with van der Waals surface area (Å²) >= 11 is 0. The summed E-state index contributed by atoms with van der Waals surface area (Å²) in [6, 6.07) is 4.81. The monoisotopic (exact) mass is 280 g/mol. The van der Waals surface area contributed by atoms with Gasteiger partial charge in [-0.25, -0.2) is 0 Å². The molecule has 0 aliphatic heterocycles. The average Bonchev–Trinajstić information content (AvgIpc) is 2.19. The molecule has 0 atom stereocenters. The number of benzene rings is 1. The van der Waals surface area contributed by atoms with Crippen molar-refractivity contribution in [2.45, 2.75) is 17.7 Å². The molecular weight excluding hydrogens is 264 g/mol. The first-order valence-corrected chi connectivity index (χ1v) is 6.24. The third-order valence-corrected chi connectivity index (χ3v) is 3.16. The molecule has 1 aromatic carbocycles. The molecule has 0 aliphatic rings. The number of rotatable bonds is 5. The van der Waals surface area contributed by atoms with Gasteiger partial charge in [0.1, 0.15) is 0 Å². The molecule has 0 saturated heterocycles. The van der Waals surface area contributed by atoms with E-state index in [1.807, 2.05) is 6.07 Å². The van der Waals surface area contributed by atoms with E-state index in [1.165, 1.54) is 6.07 Å². The van der Waals surface area contributed by atoms with Gasteiger partial charge in [-0.2, -0.15) is 8.42 Å². The fourth-order valence-corrected chi connectivity index (χ4v) is 2.35. The second-order valence-corrected chi connectivity index (χ2v) is 4.74. The molecule has 1 N–H and O–H groups in total. The molecule has 17 heavy (non-hydrogen) atoms. The summed E-state index contributed by atoms with van der Waals surface area (Å²) in [4.78, 5) is -0.0493. The topological polar surface area (TPSA) is 54.4 Å². The number of hydrogen-bond donors (Lipinski definition) is 1. The maximum absolute atomic E-state index is 11.2. The van der Waals surface area contributed by atoms with Gasteiger partial charge < -0.3 is 0 Å². The van der Waals surface area contributed by atoms with E-state index < -0.39 is 10.1 Å². The van der Waals surface area contributed by atoms with Gasteiger partial charge in [-0.3, -0.25) is 4.55 Å². The Balaban J connectivity index is 0.00000256. The predicted molar refractivity (Wildman–Crippen MR) is 72.6 cm³/mol. The fourth-order valence-electron chi connectivity index (χ4n) is 1.58. The van der Waals surface area contributed by atoms with Gasteiger partial charge in [0.2, 0.25) is 0 Å². The van der Waals surface area contributed by atoms with Gasteiger partial charge in [0.15, 0.2) is 0 Å². The SMILES string of the molecule is C=CCc1cccc(S(=O)(=O)O)c1CC=C.[CaH2]. The molecule has 0 aromatic heterocycles. The molecule has 0 fully saturated rings. The molecule has 3 nitrogen and oxygen atoms in total.